The van der Waals surface area contributed by atoms with E-state index in [9.17, 15) is 0 Å². The molecule has 0 unspecified atom stereocenters. The molecule has 8 heavy (non-hydrogen) atoms. The van der Waals surface area contributed by atoms with E-state index in [0.717, 1.165) is 6.54 Å². The lowest BCUT2D eigenvalue weighted by Gasteiger charge is -1.90. The smallest absolute Gasteiger partial charge is 0.00773 e. The Morgan fingerprint density at radius 2 is 1.75 bits per heavy atom. The minimum absolute atomic E-state index is 0. The second-order valence-electron chi connectivity index (χ2n) is 1.85. The molecule has 2 N–H and O–H groups in total. The van der Waals surface area contributed by atoms with Crippen molar-refractivity contribution in [3.8, 4) is 0 Å². The van der Waals surface area contributed by atoms with Crippen molar-refractivity contribution in [2.75, 3.05) is 6.54 Å². The molecule has 2 heteroatoms. The third-order valence-corrected chi connectivity index (χ3v) is 1.06. The van der Waals surface area contributed by atoms with Crippen molar-refractivity contribution in [1.82, 2.24) is 0 Å². The Labute approximate surface area is 62.4 Å². The fourth-order valence-corrected chi connectivity index (χ4v) is 0.571. The van der Waals surface area contributed by atoms with E-state index in [2.05, 4.69) is 6.92 Å². The highest BCUT2D eigenvalue weighted by Gasteiger charge is 1.80. The standard InChI is InChI=1S/C6H15N.BrH/c1-2-3-4-5-6-7;/h2-7H2,1H3;1H. The van der Waals surface area contributed by atoms with E-state index in [0.29, 0.717) is 0 Å². The fraction of sp³-hybridized carbons (Fsp3) is 1.00. The molecule has 0 aromatic heterocycles. The van der Waals surface area contributed by atoms with E-state index in [1.54, 1.807) is 0 Å². The van der Waals surface area contributed by atoms with Gasteiger partial charge in [0.15, 0.2) is 0 Å². The summed E-state index contributed by atoms with van der Waals surface area (Å²) in [6.45, 7) is 3.07. The summed E-state index contributed by atoms with van der Waals surface area (Å²) >= 11 is 0. The molecule has 0 atom stereocenters. The highest BCUT2D eigenvalue weighted by Crippen LogP contribution is 1.95. The Morgan fingerprint density at radius 1 is 1.12 bits per heavy atom. The van der Waals surface area contributed by atoms with Crippen LogP contribution in [0, 0.1) is 0 Å². The van der Waals surface area contributed by atoms with Gasteiger partial charge >= 0.3 is 0 Å². The molecule has 0 aromatic carbocycles. The molecule has 0 aliphatic heterocycles. The van der Waals surface area contributed by atoms with E-state index in [-0.39, 0.29) is 17.0 Å². The molecule has 0 aliphatic rings. The van der Waals surface area contributed by atoms with Gasteiger partial charge in [-0.1, -0.05) is 26.2 Å². The lowest BCUT2D eigenvalue weighted by Crippen LogP contribution is -1.97. The maximum atomic E-state index is 5.27. The number of hydrogen-bond donors (Lipinski definition) is 1. The highest BCUT2D eigenvalue weighted by atomic mass is 79.9. The van der Waals surface area contributed by atoms with Gasteiger partial charge in [0.25, 0.3) is 0 Å². The zero-order chi connectivity index (χ0) is 5.54. The van der Waals surface area contributed by atoms with Crippen LogP contribution in [-0.2, 0) is 0 Å². The zero-order valence-electron chi connectivity index (χ0n) is 5.52. The number of unbranched alkanes of at least 4 members (excludes halogenated alkanes) is 3. The molecular weight excluding hydrogens is 166 g/mol. The van der Waals surface area contributed by atoms with Crippen LogP contribution >= 0.6 is 17.0 Å². The lowest BCUT2D eigenvalue weighted by molar-refractivity contribution is 0.674. The number of hydrogen-bond acceptors (Lipinski definition) is 1. The largest absolute Gasteiger partial charge is 0.330 e. The second-order valence-corrected chi connectivity index (χ2v) is 1.85. The van der Waals surface area contributed by atoms with Crippen LogP contribution in [0.15, 0.2) is 0 Å². The van der Waals surface area contributed by atoms with Gasteiger partial charge in [0.1, 0.15) is 0 Å². The van der Waals surface area contributed by atoms with Crippen LogP contribution in [0.1, 0.15) is 32.6 Å². The van der Waals surface area contributed by atoms with Crippen molar-refractivity contribution < 1.29 is 0 Å². The molecule has 0 fully saturated rings. The summed E-state index contributed by atoms with van der Waals surface area (Å²) in [7, 11) is 0. The molecule has 0 bridgehead atoms. The van der Waals surface area contributed by atoms with Crippen LogP contribution in [0.25, 0.3) is 0 Å². The summed E-state index contributed by atoms with van der Waals surface area (Å²) in [5, 5.41) is 0. The third kappa shape index (κ3) is 9.67. The van der Waals surface area contributed by atoms with Gasteiger partial charge in [-0.25, -0.2) is 0 Å². The predicted molar refractivity (Wildman–Crippen MR) is 43.5 cm³/mol. The molecular formula is C6H16BrN. The Bertz CT molecular complexity index is 27.7. The predicted octanol–water partition coefficient (Wildman–Crippen LogP) is 2.10. The van der Waals surface area contributed by atoms with Crippen molar-refractivity contribution in [2.45, 2.75) is 32.6 Å². The fourth-order valence-electron chi connectivity index (χ4n) is 0.571. The van der Waals surface area contributed by atoms with Crippen molar-refractivity contribution in [2.24, 2.45) is 5.73 Å². The van der Waals surface area contributed by atoms with Crippen LogP contribution in [0.2, 0.25) is 0 Å². The van der Waals surface area contributed by atoms with Gasteiger partial charge in [-0.3, -0.25) is 0 Å². The Morgan fingerprint density at radius 3 is 2.12 bits per heavy atom. The lowest BCUT2D eigenvalue weighted by atomic mass is 10.2. The van der Waals surface area contributed by atoms with E-state index in [1.165, 1.54) is 25.7 Å². The summed E-state index contributed by atoms with van der Waals surface area (Å²) in [5.41, 5.74) is 5.27. The summed E-state index contributed by atoms with van der Waals surface area (Å²) in [6.07, 6.45) is 5.16. The molecule has 0 spiro atoms. The quantitative estimate of drug-likeness (QED) is 0.662. The van der Waals surface area contributed by atoms with Gasteiger partial charge in [-0.05, 0) is 13.0 Å². The Kier molecular flexibility index (Phi) is 14.7. The minimum Gasteiger partial charge on any atom is -0.330 e. The molecule has 52 valence electrons. The first-order valence-electron chi connectivity index (χ1n) is 3.12. The van der Waals surface area contributed by atoms with Gasteiger partial charge in [-0.15, -0.1) is 17.0 Å². The SMILES string of the molecule is Br.CCCCCCN. The van der Waals surface area contributed by atoms with Gasteiger partial charge < -0.3 is 5.73 Å². The summed E-state index contributed by atoms with van der Waals surface area (Å²) in [4.78, 5) is 0. The maximum Gasteiger partial charge on any atom is -0.00773 e. The summed E-state index contributed by atoms with van der Waals surface area (Å²) in [5.74, 6) is 0. The zero-order valence-corrected chi connectivity index (χ0v) is 7.23. The molecule has 0 saturated heterocycles. The Balaban J connectivity index is 0. The van der Waals surface area contributed by atoms with Crippen molar-refractivity contribution in [3.63, 3.8) is 0 Å². The van der Waals surface area contributed by atoms with Gasteiger partial charge in [-0.2, -0.15) is 0 Å². The second kappa shape index (κ2) is 10.4. The van der Waals surface area contributed by atoms with Crippen molar-refractivity contribution in [3.05, 3.63) is 0 Å². The first-order valence-corrected chi connectivity index (χ1v) is 3.12. The van der Waals surface area contributed by atoms with E-state index in [4.69, 9.17) is 5.73 Å². The van der Waals surface area contributed by atoms with E-state index in [1.807, 2.05) is 0 Å². The summed E-state index contributed by atoms with van der Waals surface area (Å²) < 4.78 is 0. The molecule has 0 radical (unpaired) electrons. The maximum absolute atomic E-state index is 5.27. The third-order valence-electron chi connectivity index (χ3n) is 1.06. The molecule has 0 heterocycles. The topological polar surface area (TPSA) is 26.0 Å². The van der Waals surface area contributed by atoms with Crippen molar-refractivity contribution in [1.29, 1.82) is 0 Å². The highest BCUT2D eigenvalue weighted by molar-refractivity contribution is 8.93. The Hall–Kier alpha value is 0.440. The normalized spacial score (nSPS) is 8.25. The van der Waals surface area contributed by atoms with Gasteiger partial charge in [0.2, 0.25) is 0 Å². The van der Waals surface area contributed by atoms with E-state index >= 15 is 0 Å². The monoisotopic (exact) mass is 181 g/mol. The first kappa shape index (κ1) is 11.3. The average molecular weight is 182 g/mol. The van der Waals surface area contributed by atoms with Crippen LogP contribution in [0.3, 0.4) is 0 Å². The average Bonchev–Trinajstić information content (AvgIpc) is 1.69. The van der Waals surface area contributed by atoms with E-state index < -0.39 is 0 Å². The molecule has 0 saturated carbocycles. The number of rotatable bonds is 4. The molecule has 0 aliphatic carbocycles. The molecule has 1 nitrogen and oxygen atoms in total. The first-order chi connectivity index (χ1) is 3.41. The number of nitrogens with two attached hydrogens (primary N) is 1. The molecule has 0 rings (SSSR count). The molecule has 0 amide bonds. The minimum atomic E-state index is 0. The molecule has 0 aromatic rings. The van der Waals surface area contributed by atoms with Crippen LogP contribution in [0.5, 0.6) is 0 Å². The summed E-state index contributed by atoms with van der Waals surface area (Å²) in [6, 6.07) is 0. The van der Waals surface area contributed by atoms with Crippen LogP contribution in [0.4, 0.5) is 0 Å². The van der Waals surface area contributed by atoms with Crippen LogP contribution in [-0.4, -0.2) is 6.54 Å². The van der Waals surface area contributed by atoms with Crippen molar-refractivity contribution >= 4 is 17.0 Å². The van der Waals surface area contributed by atoms with Gasteiger partial charge in [0.05, 0.1) is 0 Å². The number of halogens is 1. The van der Waals surface area contributed by atoms with Gasteiger partial charge in [0, 0.05) is 0 Å². The van der Waals surface area contributed by atoms with Crippen LogP contribution < -0.4 is 5.73 Å².